The van der Waals surface area contributed by atoms with Gasteiger partial charge in [0, 0.05) is 24.8 Å². The molecule has 1 aromatic heterocycles. The SMILES string of the molecule is Cc1ccc(C)c(Nc2cc(Nc3ccccc3N3CCOCC3)nc(C)n2)c1. The molecule has 0 spiro atoms. The summed E-state index contributed by atoms with van der Waals surface area (Å²) in [7, 11) is 0. The van der Waals surface area contributed by atoms with Crippen molar-refractivity contribution in [2.24, 2.45) is 0 Å². The number of anilines is 5. The van der Waals surface area contributed by atoms with Crippen molar-refractivity contribution in [3.8, 4) is 0 Å². The highest BCUT2D eigenvalue weighted by Crippen LogP contribution is 2.30. The molecule has 6 heteroatoms. The molecule has 1 saturated heterocycles. The van der Waals surface area contributed by atoms with E-state index >= 15 is 0 Å². The normalized spacial score (nSPS) is 14.0. The third kappa shape index (κ3) is 4.66. The second-order valence-corrected chi connectivity index (χ2v) is 7.37. The lowest BCUT2D eigenvalue weighted by Gasteiger charge is -2.30. The van der Waals surface area contributed by atoms with Gasteiger partial charge in [0.2, 0.25) is 0 Å². The summed E-state index contributed by atoms with van der Waals surface area (Å²) < 4.78 is 5.49. The summed E-state index contributed by atoms with van der Waals surface area (Å²) in [5.41, 5.74) is 5.64. The molecule has 6 nitrogen and oxygen atoms in total. The number of para-hydroxylation sites is 2. The van der Waals surface area contributed by atoms with Gasteiger partial charge in [-0.05, 0) is 50.1 Å². The fourth-order valence-electron chi connectivity index (χ4n) is 3.50. The number of hydrogen-bond donors (Lipinski definition) is 2. The molecule has 150 valence electrons. The van der Waals surface area contributed by atoms with Crippen molar-refractivity contribution < 1.29 is 4.74 Å². The molecule has 1 fully saturated rings. The average molecular weight is 390 g/mol. The first kappa shape index (κ1) is 19.2. The molecule has 2 aromatic carbocycles. The third-order valence-electron chi connectivity index (χ3n) is 5.01. The minimum absolute atomic E-state index is 0.714. The van der Waals surface area contributed by atoms with Crippen LogP contribution in [0.2, 0.25) is 0 Å². The molecule has 0 radical (unpaired) electrons. The first-order valence-electron chi connectivity index (χ1n) is 9.97. The van der Waals surface area contributed by atoms with Crippen molar-refractivity contribution in [3.05, 3.63) is 65.5 Å². The summed E-state index contributed by atoms with van der Waals surface area (Å²) in [6, 6.07) is 16.6. The zero-order chi connectivity index (χ0) is 20.2. The zero-order valence-electron chi connectivity index (χ0n) is 17.2. The molecule has 0 atom stereocenters. The highest BCUT2D eigenvalue weighted by molar-refractivity contribution is 5.75. The van der Waals surface area contributed by atoms with Gasteiger partial charge in [-0.1, -0.05) is 24.3 Å². The summed E-state index contributed by atoms with van der Waals surface area (Å²) in [6.45, 7) is 9.38. The molecule has 1 aliphatic rings. The fraction of sp³-hybridized carbons (Fsp3) is 0.304. The Hall–Kier alpha value is -3.12. The predicted molar refractivity (Wildman–Crippen MR) is 119 cm³/mol. The number of nitrogens with zero attached hydrogens (tertiary/aromatic N) is 3. The third-order valence-corrected chi connectivity index (χ3v) is 5.01. The Bertz CT molecular complexity index is 998. The van der Waals surface area contributed by atoms with E-state index in [4.69, 9.17) is 4.74 Å². The summed E-state index contributed by atoms with van der Waals surface area (Å²) >= 11 is 0. The van der Waals surface area contributed by atoms with Crippen LogP contribution >= 0.6 is 0 Å². The van der Waals surface area contributed by atoms with Crippen LogP contribution in [0.3, 0.4) is 0 Å². The number of aromatic nitrogens is 2. The quantitative estimate of drug-likeness (QED) is 0.658. The molecule has 4 rings (SSSR count). The van der Waals surface area contributed by atoms with Gasteiger partial charge in [-0.3, -0.25) is 0 Å². The molecule has 2 heterocycles. The van der Waals surface area contributed by atoms with Crippen molar-refractivity contribution in [2.45, 2.75) is 20.8 Å². The van der Waals surface area contributed by atoms with Gasteiger partial charge < -0.3 is 20.3 Å². The van der Waals surface area contributed by atoms with Crippen molar-refractivity contribution >= 4 is 28.7 Å². The highest BCUT2D eigenvalue weighted by Gasteiger charge is 2.15. The Morgan fingerprint density at radius 1 is 0.828 bits per heavy atom. The standard InChI is InChI=1S/C23H27N5O/c1-16-8-9-17(2)20(14-16)27-23-15-22(24-18(3)25-23)26-19-6-4-5-7-21(19)28-10-12-29-13-11-28/h4-9,14-15H,10-13H2,1-3H3,(H2,24,25,26,27). The predicted octanol–water partition coefficient (Wildman–Crippen LogP) is 4.73. The van der Waals surface area contributed by atoms with Gasteiger partial charge in [-0.15, -0.1) is 0 Å². The van der Waals surface area contributed by atoms with E-state index in [1.807, 2.05) is 19.1 Å². The smallest absolute Gasteiger partial charge is 0.136 e. The van der Waals surface area contributed by atoms with Gasteiger partial charge >= 0.3 is 0 Å². The first-order valence-corrected chi connectivity index (χ1v) is 9.97. The zero-order valence-corrected chi connectivity index (χ0v) is 17.2. The van der Waals surface area contributed by atoms with Crippen LogP contribution in [0.25, 0.3) is 0 Å². The maximum atomic E-state index is 5.49. The summed E-state index contributed by atoms with van der Waals surface area (Å²) in [4.78, 5) is 11.5. The van der Waals surface area contributed by atoms with Crippen LogP contribution in [-0.2, 0) is 4.74 Å². The van der Waals surface area contributed by atoms with Gasteiger partial charge in [0.1, 0.15) is 17.5 Å². The molecule has 0 saturated carbocycles. The minimum atomic E-state index is 0.714. The average Bonchev–Trinajstić information content (AvgIpc) is 2.71. The van der Waals surface area contributed by atoms with Crippen LogP contribution in [0.4, 0.5) is 28.7 Å². The monoisotopic (exact) mass is 389 g/mol. The Labute approximate surface area is 172 Å². The van der Waals surface area contributed by atoms with Gasteiger partial charge in [0.15, 0.2) is 0 Å². The summed E-state index contributed by atoms with van der Waals surface area (Å²) in [5, 5.41) is 6.93. The van der Waals surface area contributed by atoms with Gasteiger partial charge in [0.25, 0.3) is 0 Å². The van der Waals surface area contributed by atoms with Gasteiger partial charge in [-0.25, -0.2) is 9.97 Å². The van der Waals surface area contributed by atoms with E-state index in [9.17, 15) is 0 Å². The van der Waals surface area contributed by atoms with Crippen LogP contribution in [0.5, 0.6) is 0 Å². The van der Waals surface area contributed by atoms with Crippen LogP contribution in [0.15, 0.2) is 48.5 Å². The number of rotatable bonds is 5. The highest BCUT2D eigenvalue weighted by atomic mass is 16.5. The second kappa shape index (κ2) is 8.49. The number of benzene rings is 2. The maximum Gasteiger partial charge on any atom is 0.136 e. The Balaban J connectivity index is 1.59. The summed E-state index contributed by atoms with van der Waals surface area (Å²) in [5.74, 6) is 2.26. The van der Waals surface area contributed by atoms with Crippen LogP contribution < -0.4 is 15.5 Å². The molecule has 0 bridgehead atoms. The molecule has 2 N–H and O–H groups in total. The van der Waals surface area contributed by atoms with E-state index in [0.717, 1.165) is 55.0 Å². The van der Waals surface area contributed by atoms with Gasteiger partial charge in [0.05, 0.1) is 24.6 Å². The number of nitrogens with one attached hydrogen (secondary N) is 2. The number of hydrogen-bond acceptors (Lipinski definition) is 6. The molecule has 0 amide bonds. The lowest BCUT2D eigenvalue weighted by atomic mass is 10.1. The molecular formula is C23H27N5O. The first-order chi connectivity index (χ1) is 14.1. The summed E-state index contributed by atoms with van der Waals surface area (Å²) in [6.07, 6.45) is 0. The van der Waals surface area contributed by atoms with E-state index in [2.05, 4.69) is 75.7 Å². The molecule has 0 aliphatic carbocycles. The minimum Gasteiger partial charge on any atom is -0.378 e. The number of aryl methyl sites for hydroxylation is 3. The Morgan fingerprint density at radius 2 is 1.52 bits per heavy atom. The van der Waals surface area contributed by atoms with Crippen LogP contribution in [0, 0.1) is 20.8 Å². The number of ether oxygens (including phenoxy) is 1. The van der Waals surface area contributed by atoms with Crippen molar-refractivity contribution in [3.63, 3.8) is 0 Å². The molecule has 29 heavy (non-hydrogen) atoms. The maximum absolute atomic E-state index is 5.49. The van der Waals surface area contributed by atoms with E-state index < -0.39 is 0 Å². The van der Waals surface area contributed by atoms with Crippen molar-refractivity contribution in [1.82, 2.24) is 9.97 Å². The lowest BCUT2D eigenvalue weighted by molar-refractivity contribution is 0.123. The van der Waals surface area contributed by atoms with E-state index in [1.54, 1.807) is 0 Å². The van der Waals surface area contributed by atoms with E-state index in [0.29, 0.717) is 5.82 Å². The van der Waals surface area contributed by atoms with E-state index in [1.165, 1.54) is 11.1 Å². The van der Waals surface area contributed by atoms with Crippen molar-refractivity contribution in [1.29, 1.82) is 0 Å². The molecule has 1 aliphatic heterocycles. The van der Waals surface area contributed by atoms with E-state index in [-0.39, 0.29) is 0 Å². The van der Waals surface area contributed by atoms with Gasteiger partial charge in [-0.2, -0.15) is 0 Å². The Morgan fingerprint density at radius 3 is 2.28 bits per heavy atom. The van der Waals surface area contributed by atoms with Crippen LogP contribution in [0.1, 0.15) is 17.0 Å². The van der Waals surface area contributed by atoms with Crippen LogP contribution in [-0.4, -0.2) is 36.3 Å². The van der Waals surface area contributed by atoms with Crippen molar-refractivity contribution in [2.75, 3.05) is 41.8 Å². The Kier molecular flexibility index (Phi) is 5.62. The number of morpholine rings is 1. The molecule has 3 aromatic rings. The molecular weight excluding hydrogens is 362 g/mol. The second-order valence-electron chi connectivity index (χ2n) is 7.37. The fourth-order valence-corrected chi connectivity index (χ4v) is 3.50. The molecule has 0 unspecified atom stereocenters. The topological polar surface area (TPSA) is 62.3 Å². The lowest BCUT2D eigenvalue weighted by Crippen LogP contribution is -2.36. The largest absolute Gasteiger partial charge is 0.378 e.